The van der Waals surface area contributed by atoms with Gasteiger partial charge in [0.2, 0.25) is 9.84 Å². The number of hydrogen-bond donors (Lipinski definition) is 1. The number of sulfone groups is 1. The number of carbonyl (C=O) groups is 1. The first-order chi connectivity index (χ1) is 13.7. The van der Waals surface area contributed by atoms with E-state index in [4.69, 9.17) is 5.11 Å². The Bertz CT molecular complexity index is 1230. The van der Waals surface area contributed by atoms with E-state index in [-0.39, 0.29) is 26.9 Å². The Hall–Kier alpha value is -3.29. The molecule has 0 spiro atoms. The largest absolute Gasteiger partial charge is 0.465 e. The van der Waals surface area contributed by atoms with Crippen LogP contribution in [0.3, 0.4) is 0 Å². The number of hydrogen-bond acceptors (Lipinski definition) is 6. The van der Waals surface area contributed by atoms with Crippen LogP contribution < -0.4 is 0 Å². The van der Waals surface area contributed by atoms with Crippen LogP contribution in [0.2, 0.25) is 0 Å². The topological polar surface area (TPSA) is 111 Å². The van der Waals surface area contributed by atoms with Gasteiger partial charge in [-0.05, 0) is 36.4 Å². The molecule has 2 aromatic heterocycles. The Morgan fingerprint density at radius 2 is 2.03 bits per heavy atom. The maximum absolute atomic E-state index is 13.6. The molecule has 1 N–H and O–H groups in total. The maximum Gasteiger partial charge on any atom is 0.407 e. The highest BCUT2D eigenvalue weighted by Crippen LogP contribution is 2.39. The molecule has 0 aliphatic heterocycles. The van der Waals surface area contributed by atoms with Crippen LogP contribution in [0, 0.1) is 17.1 Å². The Labute approximate surface area is 170 Å². The average molecular weight is 431 g/mol. The van der Waals surface area contributed by atoms with E-state index >= 15 is 0 Å². The van der Waals surface area contributed by atoms with Crippen molar-refractivity contribution in [3.05, 3.63) is 65.0 Å². The molecule has 3 aromatic rings. The van der Waals surface area contributed by atoms with E-state index in [0.29, 0.717) is 10.4 Å². The number of amides is 1. The maximum atomic E-state index is 13.6. The summed E-state index contributed by atoms with van der Waals surface area (Å²) in [5.41, 5.74) is 0.544. The lowest BCUT2D eigenvalue weighted by atomic mass is 10.1. The van der Waals surface area contributed by atoms with Crippen molar-refractivity contribution in [2.45, 2.75) is 15.6 Å². The Morgan fingerprint density at radius 1 is 1.28 bits per heavy atom. The van der Waals surface area contributed by atoms with Gasteiger partial charge in [0.05, 0.1) is 11.4 Å². The SMILES string of the molecule is CN(Cc1cc(-c2cccnc2C#N)c(S(=O)(=O)c2cccc(F)c2)s1)C(=O)O. The minimum Gasteiger partial charge on any atom is -0.465 e. The molecule has 148 valence electrons. The van der Waals surface area contributed by atoms with E-state index in [1.54, 1.807) is 12.1 Å². The van der Waals surface area contributed by atoms with Gasteiger partial charge in [-0.1, -0.05) is 6.07 Å². The van der Waals surface area contributed by atoms with Gasteiger partial charge in [-0.2, -0.15) is 5.26 Å². The highest BCUT2D eigenvalue weighted by molar-refractivity contribution is 7.93. The van der Waals surface area contributed by atoms with Gasteiger partial charge in [0.1, 0.15) is 21.8 Å². The molecule has 0 saturated heterocycles. The number of thiophene rings is 1. The minimum absolute atomic E-state index is 0.0270. The lowest BCUT2D eigenvalue weighted by molar-refractivity contribution is 0.154. The van der Waals surface area contributed by atoms with Gasteiger partial charge in [0, 0.05) is 29.2 Å². The third-order valence-corrected chi connectivity index (χ3v) is 7.43. The van der Waals surface area contributed by atoms with Crippen LogP contribution in [0.15, 0.2) is 57.8 Å². The van der Waals surface area contributed by atoms with Gasteiger partial charge in [0.15, 0.2) is 0 Å². The number of pyridine rings is 1. The van der Waals surface area contributed by atoms with Crippen LogP contribution in [-0.4, -0.2) is 36.5 Å². The number of aromatic nitrogens is 1. The molecule has 1 aromatic carbocycles. The Kier molecular flexibility index (Phi) is 5.63. The third-order valence-electron chi connectivity index (χ3n) is 4.02. The molecule has 2 heterocycles. The number of carboxylic acid groups (broad SMARTS) is 1. The van der Waals surface area contributed by atoms with E-state index in [2.05, 4.69) is 4.98 Å². The van der Waals surface area contributed by atoms with Crippen molar-refractivity contribution < 1.29 is 22.7 Å². The second kappa shape index (κ2) is 7.98. The Balaban J connectivity index is 2.23. The van der Waals surface area contributed by atoms with Crippen molar-refractivity contribution in [2.24, 2.45) is 0 Å². The number of halogens is 1. The third kappa shape index (κ3) is 4.11. The fourth-order valence-electron chi connectivity index (χ4n) is 2.64. The van der Waals surface area contributed by atoms with E-state index in [9.17, 15) is 22.9 Å². The summed E-state index contributed by atoms with van der Waals surface area (Å²) < 4.78 is 40.0. The van der Waals surface area contributed by atoms with Gasteiger partial charge in [-0.15, -0.1) is 11.3 Å². The molecule has 0 fully saturated rings. The van der Waals surface area contributed by atoms with Gasteiger partial charge in [-0.3, -0.25) is 0 Å². The molecule has 1 amide bonds. The molecule has 0 atom stereocenters. The summed E-state index contributed by atoms with van der Waals surface area (Å²) in [4.78, 5) is 16.3. The summed E-state index contributed by atoms with van der Waals surface area (Å²) in [5.74, 6) is -0.700. The molecule has 29 heavy (non-hydrogen) atoms. The summed E-state index contributed by atoms with van der Waals surface area (Å²) in [6.45, 7) is -0.0478. The second-order valence-electron chi connectivity index (χ2n) is 6.02. The zero-order chi connectivity index (χ0) is 21.2. The number of benzene rings is 1. The van der Waals surface area contributed by atoms with Crippen molar-refractivity contribution in [3.8, 4) is 17.2 Å². The van der Waals surface area contributed by atoms with Crippen molar-refractivity contribution in [1.82, 2.24) is 9.88 Å². The van der Waals surface area contributed by atoms with Gasteiger partial charge >= 0.3 is 6.09 Å². The average Bonchev–Trinajstić information content (AvgIpc) is 3.12. The lowest BCUT2D eigenvalue weighted by Gasteiger charge is -2.10. The summed E-state index contributed by atoms with van der Waals surface area (Å²) >= 11 is 0.874. The fourth-order valence-corrected chi connectivity index (χ4v) is 5.84. The zero-order valence-corrected chi connectivity index (χ0v) is 16.7. The fraction of sp³-hybridized carbons (Fsp3) is 0.105. The predicted molar refractivity (Wildman–Crippen MR) is 104 cm³/mol. The van der Waals surface area contributed by atoms with Gasteiger partial charge < -0.3 is 10.0 Å². The quantitative estimate of drug-likeness (QED) is 0.658. The van der Waals surface area contributed by atoms with Crippen LogP contribution in [0.1, 0.15) is 10.6 Å². The minimum atomic E-state index is -4.13. The highest BCUT2D eigenvalue weighted by Gasteiger charge is 2.27. The molecular weight excluding hydrogens is 417 g/mol. The summed E-state index contributed by atoms with van der Waals surface area (Å²) in [6.07, 6.45) is 0.238. The number of nitrogens with zero attached hydrogens (tertiary/aromatic N) is 3. The van der Waals surface area contributed by atoms with Crippen LogP contribution in [0.25, 0.3) is 11.1 Å². The van der Waals surface area contributed by atoms with Crippen LogP contribution in [0.5, 0.6) is 0 Å². The first kappa shape index (κ1) is 20.4. The van der Waals surface area contributed by atoms with Crippen LogP contribution in [-0.2, 0) is 16.4 Å². The number of nitriles is 1. The monoisotopic (exact) mass is 431 g/mol. The number of rotatable bonds is 5. The van der Waals surface area contributed by atoms with E-state index in [1.807, 2.05) is 6.07 Å². The van der Waals surface area contributed by atoms with Crippen LogP contribution in [0.4, 0.5) is 9.18 Å². The molecule has 0 bridgehead atoms. The van der Waals surface area contributed by atoms with Crippen molar-refractivity contribution in [1.29, 1.82) is 5.26 Å². The molecule has 7 nitrogen and oxygen atoms in total. The van der Waals surface area contributed by atoms with Gasteiger partial charge in [-0.25, -0.2) is 22.6 Å². The standard InChI is InChI=1S/C19H14FN3O4S2/c1-23(19(24)25)11-13-9-16(15-6-3-7-22-17(15)10-21)18(28-13)29(26,27)14-5-2-4-12(20)8-14/h2-9H,11H2,1H3,(H,24,25). The second-order valence-corrected chi connectivity index (χ2v) is 9.31. The Morgan fingerprint density at radius 3 is 2.69 bits per heavy atom. The highest BCUT2D eigenvalue weighted by atomic mass is 32.2. The lowest BCUT2D eigenvalue weighted by Crippen LogP contribution is -2.23. The van der Waals surface area contributed by atoms with E-state index in [1.165, 1.54) is 31.4 Å². The van der Waals surface area contributed by atoms with E-state index < -0.39 is 21.7 Å². The smallest absolute Gasteiger partial charge is 0.407 e. The summed E-state index contributed by atoms with van der Waals surface area (Å²) in [7, 11) is -2.77. The molecule has 0 radical (unpaired) electrons. The molecule has 0 aliphatic rings. The van der Waals surface area contributed by atoms with Crippen LogP contribution >= 0.6 is 11.3 Å². The zero-order valence-electron chi connectivity index (χ0n) is 15.0. The first-order valence-electron chi connectivity index (χ1n) is 8.17. The molecule has 0 aliphatic carbocycles. The molecule has 10 heteroatoms. The molecular formula is C19H14FN3O4S2. The van der Waals surface area contributed by atoms with E-state index in [0.717, 1.165) is 28.4 Å². The van der Waals surface area contributed by atoms with Crippen molar-refractivity contribution in [2.75, 3.05) is 7.05 Å². The van der Waals surface area contributed by atoms with Crippen molar-refractivity contribution in [3.63, 3.8) is 0 Å². The molecule has 3 rings (SSSR count). The normalized spacial score (nSPS) is 11.1. The first-order valence-corrected chi connectivity index (χ1v) is 10.5. The predicted octanol–water partition coefficient (Wildman–Crippen LogP) is 3.76. The van der Waals surface area contributed by atoms with Crippen molar-refractivity contribution >= 4 is 27.3 Å². The summed E-state index contributed by atoms with van der Waals surface area (Å²) in [5, 5.41) is 18.5. The summed E-state index contributed by atoms with van der Waals surface area (Å²) in [6, 6.07) is 11.2. The molecule has 0 unspecified atom stereocenters. The van der Waals surface area contributed by atoms with Gasteiger partial charge in [0.25, 0.3) is 0 Å². The molecule has 0 saturated carbocycles.